The number of rotatable bonds is 5. The van der Waals surface area contributed by atoms with E-state index in [1.54, 1.807) is 24.4 Å². The van der Waals surface area contributed by atoms with Gasteiger partial charge in [0.1, 0.15) is 6.04 Å². The highest BCUT2D eigenvalue weighted by Gasteiger charge is 2.45. The summed E-state index contributed by atoms with van der Waals surface area (Å²) in [6, 6.07) is 6.00. The number of hydrogen-bond donors (Lipinski definition) is 3. The molecule has 3 N–H and O–H groups in total. The van der Waals surface area contributed by atoms with Gasteiger partial charge in [0.05, 0.1) is 11.1 Å². The minimum atomic E-state index is -0.985. The highest BCUT2D eigenvalue weighted by molar-refractivity contribution is 6.24. The molecule has 2 aromatic rings. The van der Waals surface area contributed by atoms with Crippen LogP contribution in [-0.4, -0.2) is 57.6 Å². The molecule has 33 heavy (non-hydrogen) atoms. The maximum atomic E-state index is 13.2. The van der Waals surface area contributed by atoms with Crippen molar-refractivity contribution < 1.29 is 19.2 Å². The second kappa shape index (κ2) is 8.70. The van der Waals surface area contributed by atoms with E-state index in [2.05, 4.69) is 25.9 Å². The molecule has 0 spiro atoms. The summed E-state index contributed by atoms with van der Waals surface area (Å²) >= 11 is 0. The molecule has 170 valence electrons. The van der Waals surface area contributed by atoms with E-state index < -0.39 is 29.7 Å². The lowest BCUT2D eigenvalue weighted by atomic mass is 9.94. The number of nitrogens with one attached hydrogen (secondary N) is 3. The van der Waals surface area contributed by atoms with Crippen LogP contribution in [0.5, 0.6) is 0 Å². The molecule has 0 aliphatic carbocycles. The standard InChI is InChI=1S/C23H24N6O4/c30-18-5-4-17(20(31)28-18)29-21(32)15-3-1-2-14(19(15)22(29)33)12-26-23-25-11-8-16(27-23)13-6-9-24-10-7-13/h1-3,8,11,13,17,24H,4-7,9-10,12H2,(H,25,26,27)(H,28,30,31). The van der Waals surface area contributed by atoms with Crippen LogP contribution in [0.3, 0.4) is 0 Å². The van der Waals surface area contributed by atoms with E-state index in [1.807, 2.05) is 6.07 Å². The number of hydrogen-bond acceptors (Lipinski definition) is 8. The Morgan fingerprint density at radius 2 is 1.85 bits per heavy atom. The molecule has 0 bridgehead atoms. The van der Waals surface area contributed by atoms with Crippen molar-refractivity contribution in [3.05, 3.63) is 52.8 Å². The van der Waals surface area contributed by atoms with Crippen molar-refractivity contribution in [2.24, 2.45) is 0 Å². The highest BCUT2D eigenvalue weighted by Crippen LogP contribution is 2.30. The third-order valence-corrected chi connectivity index (χ3v) is 6.43. The Kier molecular flexibility index (Phi) is 5.59. The van der Waals surface area contributed by atoms with Gasteiger partial charge < -0.3 is 10.6 Å². The van der Waals surface area contributed by atoms with Crippen molar-refractivity contribution in [2.45, 2.75) is 44.2 Å². The van der Waals surface area contributed by atoms with E-state index in [-0.39, 0.29) is 30.5 Å². The van der Waals surface area contributed by atoms with E-state index in [4.69, 9.17) is 0 Å². The molecule has 10 nitrogen and oxygen atoms in total. The fourth-order valence-corrected chi connectivity index (χ4v) is 4.71. The number of imide groups is 2. The van der Waals surface area contributed by atoms with Crippen molar-refractivity contribution in [1.29, 1.82) is 0 Å². The first-order valence-electron chi connectivity index (χ1n) is 11.1. The molecular formula is C23H24N6O4. The molecule has 4 heterocycles. The summed E-state index contributed by atoms with van der Waals surface area (Å²) in [6.07, 6.45) is 3.98. The summed E-state index contributed by atoms with van der Waals surface area (Å²) in [5, 5.41) is 8.73. The number of aromatic nitrogens is 2. The molecular weight excluding hydrogens is 424 g/mol. The fourth-order valence-electron chi connectivity index (χ4n) is 4.71. The minimum absolute atomic E-state index is 0.0863. The monoisotopic (exact) mass is 448 g/mol. The van der Waals surface area contributed by atoms with Crippen molar-refractivity contribution in [1.82, 2.24) is 25.5 Å². The number of carbonyl (C=O) groups is 4. The minimum Gasteiger partial charge on any atom is -0.350 e. The van der Waals surface area contributed by atoms with Crippen LogP contribution in [0.25, 0.3) is 0 Å². The second-order valence-electron chi connectivity index (χ2n) is 8.47. The molecule has 3 aliphatic rings. The highest BCUT2D eigenvalue weighted by atomic mass is 16.2. The third-order valence-electron chi connectivity index (χ3n) is 6.43. The summed E-state index contributed by atoms with van der Waals surface area (Å²) in [5.74, 6) is -1.21. The average molecular weight is 448 g/mol. The first-order valence-corrected chi connectivity index (χ1v) is 11.1. The van der Waals surface area contributed by atoms with Crippen LogP contribution in [0.2, 0.25) is 0 Å². The Balaban J connectivity index is 1.35. The van der Waals surface area contributed by atoms with Gasteiger partial charge in [-0.05, 0) is 50.0 Å². The molecule has 1 atom stereocenters. The summed E-state index contributed by atoms with van der Waals surface area (Å²) in [4.78, 5) is 59.8. The summed E-state index contributed by atoms with van der Waals surface area (Å²) in [6.45, 7) is 2.18. The van der Waals surface area contributed by atoms with Gasteiger partial charge in [0.25, 0.3) is 11.8 Å². The topological polar surface area (TPSA) is 133 Å². The summed E-state index contributed by atoms with van der Waals surface area (Å²) < 4.78 is 0. The molecule has 5 rings (SSSR count). The van der Waals surface area contributed by atoms with Crippen LogP contribution in [0.15, 0.2) is 30.5 Å². The molecule has 0 saturated carbocycles. The number of nitrogens with zero attached hydrogens (tertiary/aromatic N) is 3. The first kappa shape index (κ1) is 21.2. The van der Waals surface area contributed by atoms with E-state index in [0.29, 0.717) is 17.4 Å². The molecule has 3 aliphatic heterocycles. The molecule has 2 saturated heterocycles. The third kappa shape index (κ3) is 3.97. The smallest absolute Gasteiger partial charge is 0.262 e. The molecule has 1 unspecified atom stereocenters. The van der Waals surface area contributed by atoms with Gasteiger partial charge in [-0.2, -0.15) is 0 Å². The second-order valence-corrected chi connectivity index (χ2v) is 8.47. The Hall–Kier alpha value is -3.66. The zero-order valence-electron chi connectivity index (χ0n) is 18.0. The molecule has 10 heteroatoms. The average Bonchev–Trinajstić information content (AvgIpc) is 3.09. The SMILES string of the molecule is O=C1CCC(N2C(=O)c3cccc(CNc4nccc(C5CCNCC5)n4)c3C2=O)C(=O)N1. The van der Waals surface area contributed by atoms with Gasteiger partial charge in [0.15, 0.2) is 0 Å². The van der Waals surface area contributed by atoms with Crippen LogP contribution in [0, 0.1) is 0 Å². The Morgan fingerprint density at radius 1 is 1.03 bits per heavy atom. The molecule has 2 fully saturated rings. The molecule has 4 amide bonds. The predicted molar refractivity (Wildman–Crippen MR) is 117 cm³/mol. The normalized spacial score (nSPS) is 21.2. The lowest BCUT2D eigenvalue weighted by Gasteiger charge is -2.27. The van der Waals surface area contributed by atoms with Crippen molar-refractivity contribution in [3.8, 4) is 0 Å². The maximum absolute atomic E-state index is 13.2. The summed E-state index contributed by atoms with van der Waals surface area (Å²) in [5.41, 5.74) is 2.14. The van der Waals surface area contributed by atoms with E-state index in [1.165, 1.54) is 0 Å². The maximum Gasteiger partial charge on any atom is 0.262 e. The summed E-state index contributed by atoms with van der Waals surface area (Å²) in [7, 11) is 0. The van der Waals surface area contributed by atoms with Gasteiger partial charge in [-0.15, -0.1) is 0 Å². The van der Waals surface area contributed by atoms with E-state index in [0.717, 1.165) is 36.5 Å². The van der Waals surface area contributed by atoms with Crippen molar-refractivity contribution in [2.75, 3.05) is 18.4 Å². The van der Waals surface area contributed by atoms with Gasteiger partial charge in [-0.3, -0.25) is 29.4 Å². The van der Waals surface area contributed by atoms with Gasteiger partial charge >= 0.3 is 0 Å². The Labute approximate surface area is 190 Å². The first-order chi connectivity index (χ1) is 16.0. The largest absolute Gasteiger partial charge is 0.350 e. The van der Waals surface area contributed by atoms with Crippen LogP contribution in [0.4, 0.5) is 5.95 Å². The Morgan fingerprint density at radius 3 is 2.64 bits per heavy atom. The van der Waals surface area contributed by atoms with Crippen LogP contribution in [0.1, 0.15) is 63.6 Å². The number of benzene rings is 1. The van der Waals surface area contributed by atoms with Gasteiger partial charge in [-0.25, -0.2) is 9.97 Å². The quantitative estimate of drug-likeness (QED) is 0.576. The van der Waals surface area contributed by atoms with Gasteiger partial charge in [-0.1, -0.05) is 12.1 Å². The number of fused-ring (bicyclic) bond motifs is 1. The van der Waals surface area contributed by atoms with Gasteiger partial charge in [0.2, 0.25) is 17.8 Å². The van der Waals surface area contributed by atoms with Crippen molar-refractivity contribution in [3.63, 3.8) is 0 Å². The van der Waals surface area contributed by atoms with Crippen LogP contribution < -0.4 is 16.0 Å². The number of anilines is 1. The lowest BCUT2D eigenvalue weighted by Crippen LogP contribution is -2.54. The van der Waals surface area contributed by atoms with Crippen LogP contribution in [-0.2, 0) is 16.1 Å². The zero-order chi connectivity index (χ0) is 22.9. The predicted octanol–water partition coefficient (Wildman–Crippen LogP) is 0.957. The fraction of sp³-hybridized carbons (Fsp3) is 0.391. The lowest BCUT2D eigenvalue weighted by molar-refractivity contribution is -0.136. The molecule has 1 aromatic heterocycles. The van der Waals surface area contributed by atoms with Crippen molar-refractivity contribution >= 4 is 29.6 Å². The zero-order valence-corrected chi connectivity index (χ0v) is 18.0. The molecule has 0 radical (unpaired) electrons. The Bertz CT molecular complexity index is 1140. The number of amides is 4. The van der Waals surface area contributed by atoms with Crippen LogP contribution >= 0.6 is 0 Å². The number of piperidine rings is 2. The van der Waals surface area contributed by atoms with E-state index >= 15 is 0 Å². The van der Waals surface area contributed by atoms with E-state index in [9.17, 15) is 19.2 Å². The van der Waals surface area contributed by atoms with Gasteiger partial charge in [0, 0.05) is 30.8 Å². The molecule has 1 aromatic carbocycles. The number of carbonyl (C=O) groups excluding carboxylic acids is 4.